The molecule has 0 atom stereocenters. The third-order valence-corrected chi connectivity index (χ3v) is 5.47. The molecule has 1 heterocycles. The highest BCUT2D eigenvalue weighted by molar-refractivity contribution is 8.04. The van der Waals surface area contributed by atoms with E-state index in [4.69, 9.17) is 4.74 Å². The Balaban J connectivity index is 1.89. The van der Waals surface area contributed by atoms with Crippen LogP contribution in [-0.2, 0) is 16.1 Å². The van der Waals surface area contributed by atoms with E-state index in [1.807, 2.05) is 68.4 Å². The van der Waals surface area contributed by atoms with E-state index >= 15 is 0 Å². The van der Waals surface area contributed by atoms with E-state index in [-0.39, 0.29) is 23.6 Å². The fourth-order valence-corrected chi connectivity index (χ4v) is 4.05. The predicted molar refractivity (Wildman–Crippen MR) is 118 cm³/mol. The second-order valence-corrected chi connectivity index (χ2v) is 9.37. The minimum atomic E-state index is -0.238. The lowest BCUT2D eigenvalue weighted by Gasteiger charge is -2.15. The van der Waals surface area contributed by atoms with Crippen LogP contribution in [0.25, 0.3) is 5.57 Å². The number of hydrogen-bond acceptors (Lipinski definition) is 4. The summed E-state index contributed by atoms with van der Waals surface area (Å²) in [6, 6.07) is 17.0. The first kappa shape index (κ1) is 21.2. The first-order valence-corrected chi connectivity index (χ1v) is 10.8. The Bertz CT molecular complexity index is 901. The fourth-order valence-electron chi connectivity index (χ4n) is 3.04. The van der Waals surface area contributed by atoms with Crippen molar-refractivity contribution in [3.8, 4) is 5.75 Å². The molecule has 1 aliphatic heterocycles. The second-order valence-electron chi connectivity index (χ2n) is 7.78. The molecule has 4 nitrogen and oxygen atoms in total. The highest BCUT2D eigenvalue weighted by Gasteiger charge is 2.39. The monoisotopic (exact) mass is 409 g/mol. The Labute approximate surface area is 176 Å². The molecule has 1 aliphatic rings. The molecule has 0 saturated carbocycles. The first-order valence-electron chi connectivity index (χ1n) is 9.91. The van der Waals surface area contributed by atoms with Gasteiger partial charge in [-0.15, -0.1) is 11.8 Å². The number of amides is 2. The minimum absolute atomic E-state index is 0.196. The van der Waals surface area contributed by atoms with E-state index in [0.29, 0.717) is 23.0 Å². The van der Waals surface area contributed by atoms with Crippen LogP contribution >= 0.6 is 11.8 Å². The molecule has 2 amide bonds. The summed E-state index contributed by atoms with van der Waals surface area (Å²) in [5.41, 5.74) is 2.17. The summed E-state index contributed by atoms with van der Waals surface area (Å²) in [4.78, 5) is 28.2. The van der Waals surface area contributed by atoms with E-state index < -0.39 is 0 Å². The molecule has 0 radical (unpaired) electrons. The number of rotatable bonds is 8. The maximum atomic E-state index is 13.2. The van der Waals surface area contributed by atoms with Crippen molar-refractivity contribution in [1.29, 1.82) is 0 Å². The third kappa shape index (κ3) is 5.10. The highest BCUT2D eigenvalue weighted by Crippen LogP contribution is 2.38. The van der Waals surface area contributed by atoms with Gasteiger partial charge < -0.3 is 4.74 Å². The summed E-state index contributed by atoms with van der Waals surface area (Å²) in [5, 5.41) is 0.196. The lowest BCUT2D eigenvalue weighted by Crippen LogP contribution is -2.31. The normalized spacial score (nSPS) is 14.5. The molecule has 2 aromatic carbocycles. The summed E-state index contributed by atoms with van der Waals surface area (Å²) >= 11 is 1.45. The van der Waals surface area contributed by atoms with E-state index in [1.165, 1.54) is 16.7 Å². The summed E-state index contributed by atoms with van der Waals surface area (Å²) in [6.07, 6.45) is 0. The number of imide groups is 1. The van der Waals surface area contributed by atoms with Gasteiger partial charge in [-0.1, -0.05) is 70.2 Å². The largest absolute Gasteiger partial charge is 0.493 e. The quantitative estimate of drug-likeness (QED) is 0.566. The zero-order valence-corrected chi connectivity index (χ0v) is 18.2. The number of hydrogen-bond donors (Lipinski definition) is 0. The van der Waals surface area contributed by atoms with Crippen LogP contribution in [0.2, 0.25) is 0 Å². The van der Waals surface area contributed by atoms with Gasteiger partial charge in [0.1, 0.15) is 5.75 Å². The maximum absolute atomic E-state index is 13.2. The standard InChI is InChI=1S/C24H27NO3S/c1-16(2)15-28-20-12-10-19(11-13-20)21-22(29-17(3)4)24(27)25(23(21)26)14-18-8-6-5-7-9-18/h5-13,16-17H,14-15H2,1-4H3. The van der Waals surface area contributed by atoms with Crippen LogP contribution in [0.4, 0.5) is 0 Å². The molecule has 0 bridgehead atoms. The number of nitrogens with zero attached hydrogens (tertiary/aromatic N) is 1. The van der Waals surface area contributed by atoms with Gasteiger partial charge in [0.2, 0.25) is 0 Å². The Hall–Kier alpha value is -2.53. The van der Waals surface area contributed by atoms with E-state index in [1.54, 1.807) is 0 Å². The van der Waals surface area contributed by atoms with Gasteiger partial charge in [-0.3, -0.25) is 14.5 Å². The molecule has 0 unspecified atom stereocenters. The van der Waals surface area contributed by atoms with Crippen molar-refractivity contribution < 1.29 is 14.3 Å². The van der Waals surface area contributed by atoms with Gasteiger partial charge >= 0.3 is 0 Å². The number of carbonyl (C=O) groups excluding carboxylic acids is 2. The summed E-state index contributed by atoms with van der Waals surface area (Å²) < 4.78 is 5.74. The topological polar surface area (TPSA) is 46.6 Å². The molecule has 0 N–H and O–H groups in total. The summed E-state index contributed by atoms with van der Waals surface area (Å²) in [5.74, 6) is 0.747. The van der Waals surface area contributed by atoms with Crippen molar-refractivity contribution in [2.75, 3.05) is 6.61 Å². The van der Waals surface area contributed by atoms with Gasteiger partial charge in [0.25, 0.3) is 11.8 Å². The molecule has 152 valence electrons. The van der Waals surface area contributed by atoms with E-state index in [2.05, 4.69) is 13.8 Å². The van der Waals surface area contributed by atoms with Crippen LogP contribution in [0.5, 0.6) is 5.75 Å². The Morgan fingerprint density at radius 2 is 1.55 bits per heavy atom. The SMILES string of the molecule is CC(C)COc1ccc(C2=C(SC(C)C)C(=O)N(Cc3ccccc3)C2=O)cc1. The predicted octanol–water partition coefficient (Wildman–Crippen LogP) is 5.14. The molecule has 0 aliphatic carbocycles. The second kappa shape index (κ2) is 9.31. The molecule has 29 heavy (non-hydrogen) atoms. The zero-order valence-electron chi connectivity index (χ0n) is 17.3. The minimum Gasteiger partial charge on any atom is -0.493 e. The molecular weight excluding hydrogens is 382 g/mol. The lowest BCUT2D eigenvalue weighted by molar-refractivity contribution is -0.137. The van der Waals surface area contributed by atoms with Crippen molar-refractivity contribution in [2.45, 2.75) is 39.5 Å². The van der Waals surface area contributed by atoms with Gasteiger partial charge in [-0.2, -0.15) is 0 Å². The van der Waals surface area contributed by atoms with Crippen LogP contribution in [0.15, 0.2) is 59.5 Å². The highest BCUT2D eigenvalue weighted by atomic mass is 32.2. The number of benzene rings is 2. The number of thioether (sulfide) groups is 1. The molecule has 5 heteroatoms. The Morgan fingerprint density at radius 3 is 2.14 bits per heavy atom. The average Bonchev–Trinajstić information content (AvgIpc) is 2.91. The van der Waals surface area contributed by atoms with Gasteiger partial charge in [-0.05, 0) is 29.2 Å². The summed E-state index contributed by atoms with van der Waals surface area (Å²) in [6.45, 7) is 9.15. The van der Waals surface area contributed by atoms with Gasteiger partial charge in [-0.25, -0.2) is 0 Å². The molecular formula is C24H27NO3S. The van der Waals surface area contributed by atoms with Crippen molar-refractivity contribution in [3.63, 3.8) is 0 Å². The van der Waals surface area contributed by atoms with Crippen LogP contribution in [-0.4, -0.2) is 28.6 Å². The van der Waals surface area contributed by atoms with Crippen molar-refractivity contribution in [2.24, 2.45) is 5.92 Å². The molecule has 0 aromatic heterocycles. The number of carbonyl (C=O) groups is 2. The van der Waals surface area contributed by atoms with E-state index in [0.717, 1.165) is 16.9 Å². The first-order chi connectivity index (χ1) is 13.9. The van der Waals surface area contributed by atoms with Gasteiger partial charge in [0.05, 0.1) is 23.6 Å². The third-order valence-electron chi connectivity index (χ3n) is 4.39. The van der Waals surface area contributed by atoms with Crippen molar-refractivity contribution >= 4 is 29.1 Å². The van der Waals surface area contributed by atoms with Gasteiger partial charge in [0.15, 0.2) is 0 Å². The molecule has 0 fully saturated rings. The average molecular weight is 410 g/mol. The zero-order chi connectivity index (χ0) is 21.0. The van der Waals surface area contributed by atoms with Crippen LogP contribution in [0.1, 0.15) is 38.8 Å². The summed E-state index contributed by atoms with van der Waals surface area (Å²) in [7, 11) is 0. The number of ether oxygens (including phenoxy) is 1. The van der Waals surface area contributed by atoms with Crippen LogP contribution in [0.3, 0.4) is 0 Å². The fraction of sp³-hybridized carbons (Fsp3) is 0.333. The lowest BCUT2D eigenvalue weighted by atomic mass is 10.1. The molecule has 0 saturated heterocycles. The van der Waals surface area contributed by atoms with E-state index in [9.17, 15) is 9.59 Å². The Kier molecular flexibility index (Phi) is 6.80. The molecule has 0 spiro atoms. The van der Waals surface area contributed by atoms with Crippen LogP contribution < -0.4 is 4.74 Å². The molecule has 2 aromatic rings. The van der Waals surface area contributed by atoms with Gasteiger partial charge in [0, 0.05) is 5.25 Å². The maximum Gasteiger partial charge on any atom is 0.268 e. The van der Waals surface area contributed by atoms with Crippen LogP contribution in [0, 0.1) is 5.92 Å². The molecule has 3 rings (SSSR count). The smallest absolute Gasteiger partial charge is 0.268 e. The van der Waals surface area contributed by atoms with Crippen molar-refractivity contribution in [3.05, 3.63) is 70.6 Å². The van der Waals surface area contributed by atoms with Crippen molar-refractivity contribution in [1.82, 2.24) is 4.90 Å². The Morgan fingerprint density at radius 1 is 0.897 bits per heavy atom.